The maximum absolute atomic E-state index is 6.15. The summed E-state index contributed by atoms with van der Waals surface area (Å²) in [5.41, 5.74) is 1.87. The van der Waals surface area contributed by atoms with E-state index >= 15 is 0 Å². The van der Waals surface area contributed by atoms with Gasteiger partial charge in [-0.05, 0) is 58.7 Å². The molecule has 0 saturated heterocycles. The number of methoxy groups -OCH3 is 1. The van der Waals surface area contributed by atoms with Gasteiger partial charge in [0, 0.05) is 11.6 Å². The molecule has 2 aromatic carbocycles. The molecule has 0 atom stereocenters. The summed E-state index contributed by atoms with van der Waals surface area (Å²) in [6.45, 7) is 3.11. The number of benzene rings is 2. The molecule has 3 nitrogen and oxygen atoms in total. The zero-order valence-electron chi connectivity index (χ0n) is 12.3. The fraction of sp³-hybridized carbons (Fsp3) is 0.250. The molecule has 0 amide bonds. The van der Waals surface area contributed by atoms with Crippen molar-refractivity contribution in [2.24, 2.45) is 0 Å². The molecule has 2 rings (SSSR count). The van der Waals surface area contributed by atoms with Crippen molar-refractivity contribution < 1.29 is 9.47 Å². The van der Waals surface area contributed by atoms with Gasteiger partial charge in [0.2, 0.25) is 0 Å². The summed E-state index contributed by atoms with van der Waals surface area (Å²) in [6.07, 6.45) is 0. The summed E-state index contributed by atoms with van der Waals surface area (Å²) in [6, 6.07) is 9.28. The molecule has 0 aliphatic rings. The van der Waals surface area contributed by atoms with Crippen LogP contribution < -0.4 is 14.8 Å². The number of rotatable bonds is 6. The van der Waals surface area contributed by atoms with E-state index in [9.17, 15) is 0 Å². The molecule has 0 aromatic heterocycles. The van der Waals surface area contributed by atoms with E-state index in [1.54, 1.807) is 19.2 Å². The highest BCUT2D eigenvalue weighted by Gasteiger charge is 2.11. The van der Waals surface area contributed by atoms with Crippen LogP contribution in [-0.4, -0.2) is 13.7 Å². The lowest BCUT2D eigenvalue weighted by atomic mass is 10.2. The Labute approximate surface area is 148 Å². The molecule has 1 N–H and O–H groups in total. The van der Waals surface area contributed by atoms with Gasteiger partial charge in [0.25, 0.3) is 0 Å². The first-order valence-electron chi connectivity index (χ1n) is 6.73. The van der Waals surface area contributed by atoms with E-state index in [1.807, 2.05) is 25.1 Å². The van der Waals surface area contributed by atoms with Crippen molar-refractivity contribution in [2.45, 2.75) is 13.5 Å². The number of halogens is 3. The molecule has 0 spiro atoms. The van der Waals surface area contributed by atoms with Gasteiger partial charge in [0.05, 0.1) is 28.9 Å². The molecule has 118 valence electrons. The Morgan fingerprint density at radius 1 is 1.18 bits per heavy atom. The number of anilines is 1. The Hall–Kier alpha value is -1.10. The minimum absolute atomic E-state index is 0.576. The minimum Gasteiger partial charge on any atom is -0.493 e. The summed E-state index contributed by atoms with van der Waals surface area (Å²) in [5, 5.41) is 4.48. The lowest BCUT2D eigenvalue weighted by molar-refractivity contribution is 0.308. The van der Waals surface area contributed by atoms with Crippen LogP contribution in [-0.2, 0) is 6.54 Å². The van der Waals surface area contributed by atoms with Crippen molar-refractivity contribution >= 4 is 44.8 Å². The molecule has 0 aliphatic heterocycles. The van der Waals surface area contributed by atoms with E-state index in [0.717, 1.165) is 15.7 Å². The molecule has 0 aliphatic carbocycles. The van der Waals surface area contributed by atoms with Crippen molar-refractivity contribution in [3.05, 3.63) is 50.4 Å². The molecule has 22 heavy (non-hydrogen) atoms. The third-order valence-electron chi connectivity index (χ3n) is 2.99. The van der Waals surface area contributed by atoms with Crippen LogP contribution in [0.2, 0.25) is 10.0 Å². The van der Waals surface area contributed by atoms with Gasteiger partial charge < -0.3 is 14.8 Å². The van der Waals surface area contributed by atoms with Crippen molar-refractivity contribution in [1.82, 2.24) is 0 Å². The third-order valence-corrected chi connectivity index (χ3v) is 4.13. The van der Waals surface area contributed by atoms with Crippen LogP contribution >= 0.6 is 39.1 Å². The SMILES string of the molecule is CCOc1c(Br)cc(CNc2ccc(Cl)cc2Cl)cc1OC. The van der Waals surface area contributed by atoms with Crippen LogP contribution in [0.3, 0.4) is 0 Å². The Morgan fingerprint density at radius 2 is 1.95 bits per heavy atom. The Balaban J connectivity index is 2.17. The number of hydrogen-bond acceptors (Lipinski definition) is 3. The van der Waals surface area contributed by atoms with Gasteiger partial charge in [-0.2, -0.15) is 0 Å². The second-order valence-electron chi connectivity index (χ2n) is 4.52. The van der Waals surface area contributed by atoms with Crippen molar-refractivity contribution in [3.63, 3.8) is 0 Å². The van der Waals surface area contributed by atoms with E-state index in [4.69, 9.17) is 32.7 Å². The predicted molar refractivity (Wildman–Crippen MR) is 95.7 cm³/mol. The third kappa shape index (κ3) is 4.22. The maximum atomic E-state index is 6.15. The van der Waals surface area contributed by atoms with Crippen LogP contribution in [0.25, 0.3) is 0 Å². The first kappa shape index (κ1) is 17.3. The van der Waals surface area contributed by atoms with Gasteiger partial charge >= 0.3 is 0 Å². The molecule has 0 radical (unpaired) electrons. The highest BCUT2D eigenvalue weighted by molar-refractivity contribution is 9.10. The quantitative estimate of drug-likeness (QED) is 0.662. The van der Waals surface area contributed by atoms with Gasteiger partial charge in [0.1, 0.15) is 0 Å². The minimum atomic E-state index is 0.576. The predicted octanol–water partition coefficient (Wildman–Crippen LogP) is 5.78. The highest BCUT2D eigenvalue weighted by atomic mass is 79.9. The van der Waals surface area contributed by atoms with E-state index in [1.165, 1.54) is 0 Å². The monoisotopic (exact) mass is 403 g/mol. The van der Waals surface area contributed by atoms with Gasteiger partial charge in [0.15, 0.2) is 11.5 Å². The van der Waals surface area contributed by atoms with Gasteiger partial charge in [-0.15, -0.1) is 0 Å². The van der Waals surface area contributed by atoms with Crippen LogP contribution in [0.1, 0.15) is 12.5 Å². The largest absolute Gasteiger partial charge is 0.493 e. The summed E-state index contributed by atoms with van der Waals surface area (Å²) in [4.78, 5) is 0. The number of nitrogens with one attached hydrogen (secondary N) is 1. The molecular formula is C16H16BrCl2NO2. The Bertz CT molecular complexity index is 665. The van der Waals surface area contributed by atoms with Crippen LogP contribution in [0.5, 0.6) is 11.5 Å². The molecule has 2 aromatic rings. The summed E-state index contributed by atoms with van der Waals surface area (Å²) >= 11 is 15.6. The summed E-state index contributed by atoms with van der Waals surface area (Å²) in [7, 11) is 1.62. The average Bonchev–Trinajstić information content (AvgIpc) is 2.48. The molecule has 0 heterocycles. The number of hydrogen-bond donors (Lipinski definition) is 1. The lowest BCUT2D eigenvalue weighted by Crippen LogP contribution is -2.02. The second kappa shape index (κ2) is 7.95. The molecule has 0 unspecified atom stereocenters. The molecule has 0 bridgehead atoms. The average molecular weight is 405 g/mol. The van der Waals surface area contributed by atoms with Crippen molar-refractivity contribution in [1.29, 1.82) is 0 Å². The first-order chi connectivity index (χ1) is 10.5. The van der Waals surface area contributed by atoms with Crippen LogP contribution in [0, 0.1) is 0 Å². The van der Waals surface area contributed by atoms with Crippen LogP contribution in [0.15, 0.2) is 34.8 Å². The van der Waals surface area contributed by atoms with Crippen LogP contribution in [0.4, 0.5) is 5.69 Å². The van der Waals surface area contributed by atoms with E-state index in [2.05, 4.69) is 21.2 Å². The normalized spacial score (nSPS) is 10.4. The zero-order chi connectivity index (χ0) is 16.1. The van der Waals surface area contributed by atoms with Gasteiger partial charge in [-0.3, -0.25) is 0 Å². The Kier molecular flexibility index (Phi) is 6.24. The van der Waals surface area contributed by atoms with Crippen molar-refractivity contribution in [2.75, 3.05) is 19.0 Å². The van der Waals surface area contributed by atoms with E-state index in [-0.39, 0.29) is 0 Å². The van der Waals surface area contributed by atoms with E-state index in [0.29, 0.717) is 34.7 Å². The smallest absolute Gasteiger partial charge is 0.175 e. The van der Waals surface area contributed by atoms with Gasteiger partial charge in [-0.25, -0.2) is 0 Å². The molecule has 6 heteroatoms. The molecular weight excluding hydrogens is 389 g/mol. The molecule has 0 fully saturated rings. The van der Waals surface area contributed by atoms with E-state index < -0.39 is 0 Å². The standard InChI is InChI=1S/C16H16BrCl2NO2/c1-3-22-16-12(17)6-10(7-15(16)21-2)9-20-14-5-4-11(18)8-13(14)19/h4-8,20H,3,9H2,1-2H3. The lowest BCUT2D eigenvalue weighted by Gasteiger charge is -2.14. The summed E-state index contributed by atoms with van der Waals surface area (Å²) in [5.74, 6) is 1.40. The fourth-order valence-corrected chi connectivity index (χ4v) is 3.07. The Morgan fingerprint density at radius 3 is 2.59 bits per heavy atom. The highest BCUT2D eigenvalue weighted by Crippen LogP contribution is 2.37. The number of ether oxygens (including phenoxy) is 2. The topological polar surface area (TPSA) is 30.5 Å². The maximum Gasteiger partial charge on any atom is 0.175 e. The van der Waals surface area contributed by atoms with Gasteiger partial charge in [-0.1, -0.05) is 23.2 Å². The zero-order valence-corrected chi connectivity index (χ0v) is 15.3. The molecule has 0 saturated carbocycles. The second-order valence-corrected chi connectivity index (χ2v) is 6.22. The van der Waals surface area contributed by atoms with Crippen molar-refractivity contribution in [3.8, 4) is 11.5 Å². The first-order valence-corrected chi connectivity index (χ1v) is 8.28. The summed E-state index contributed by atoms with van der Waals surface area (Å²) < 4.78 is 11.8. The fourth-order valence-electron chi connectivity index (χ4n) is 1.99.